The zero-order valence-electron chi connectivity index (χ0n) is 11.7. The predicted molar refractivity (Wildman–Crippen MR) is 80.6 cm³/mol. The zero-order chi connectivity index (χ0) is 13.8. The van der Waals surface area contributed by atoms with Gasteiger partial charge in [0.25, 0.3) is 0 Å². The Morgan fingerprint density at radius 1 is 1.00 bits per heavy atom. The van der Waals surface area contributed by atoms with Gasteiger partial charge in [0, 0.05) is 24.7 Å². The molecule has 0 saturated carbocycles. The van der Waals surface area contributed by atoms with Crippen molar-refractivity contribution >= 4 is 5.69 Å². The van der Waals surface area contributed by atoms with Crippen LogP contribution in [0.3, 0.4) is 0 Å². The number of nitrogens with one attached hydrogen (secondary N) is 1. The number of aryl methyl sites for hydroxylation is 1. The molecule has 0 atom stereocenters. The smallest absolute Gasteiger partial charge is 0.163 e. The lowest BCUT2D eigenvalue weighted by molar-refractivity contribution is 0.297. The SMILES string of the molecule is Cc1ccccc1CNc1ccc2c(c1)OCCCO2. The van der Waals surface area contributed by atoms with Crippen LogP contribution in [0.15, 0.2) is 42.5 Å². The lowest BCUT2D eigenvalue weighted by atomic mass is 10.1. The second-order valence-corrected chi connectivity index (χ2v) is 4.99. The summed E-state index contributed by atoms with van der Waals surface area (Å²) in [6.07, 6.45) is 0.931. The van der Waals surface area contributed by atoms with Gasteiger partial charge in [0.1, 0.15) is 0 Å². The van der Waals surface area contributed by atoms with E-state index < -0.39 is 0 Å². The second kappa shape index (κ2) is 5.87. The van der Waals surface area contributed by atoms with E-state index in [4.69, 9.17) is 9.47 Å². The minimum Gasteiger partial charge on any atom is -0.490 e. The van der Waals surface area contributed by atoms with Crippen LogP contribution >= 0.6 is 0 Å². The molecule has 0 spiro atoms. The molecule has 0 aromatic heterocycles. The summed E-state index contributed by atoms with van der Waals surface area (Å²) in [5.74, 6) is 1.67. The Labute approximate surface area is 119 Å². The maximum Gasteiger partial charge on any atom is 0.163 e. The van der Waals surface area contributed by atoms with Gasteiger partial charge in [-0.2, -0.15) is 0 Å². The third-order valence-corrected chi connectivity index (χ3v) is 3.49. The Bertz CT molecular complexity index is 595. The molecule has 1 heterocycles. The predicted octanol–water partition coefficient (Wildman–Crippen LogP) is 3.77. The van der Waals surface area contributed by atoms with E-state index in [1.54, 1.807) is 0 Å². The van der Waals surface area contributed by atoms with E-state index in [9.17, 15) is 0 Å². The van der Waals surface area contributed by atoms with Gasteiger partial charge in [-0.15, -0.1) is 0 Å². The fourth-order valence-electron chi connectivity index (χ4n) is 2.28. The van der Waals surface area contributed by atoms with Gasteiger partial charge in [-0.1, -0.05) is 24.3 Å². The van der Waals surface area contributed by atoms with Crippen molar-refractivity contribution in [1.82, 2.24) is 0 Å². The van der Waals surface area contributed by atoms with Crippen molar-refractivity contribution in [2.75, 3.05) is 18.5 Å². The molecule has 3 nitrogen and oxygen atoms in total. The van der Waals surface area contributed by atoms with Gasteiger partial charge in [-0.25, -0.2) is 0 Å². The highest BCUT2D eigenvalue weighted by atomic mass is 16.5. The summed E-state index contributed by atoms with van der Waals surface area (Å²) in [6, 6.07) is 14.4. The first-order chi connectivity index (χ1) is 9.83. The van der Waals surface area contributed by atoms with E-state index in [0.717, 1.165) is 36.8 Å². The minimum atomic E-state index is 0.717. The number of hydrogen-bond acceptors (Lipinski definition) is 3. The summed E-state index contributed by atoms with van der Waals surface area (Å²) in [5.41, 5.74) is 3.66. The molecule has 1 aliphatic heterocycles. The monoisotopic (exact) mass is 269 g/mol. The molecule has 0 amide bonds. The highest BCUT2D eigenvalue weighted by molar-refractivity contribution is 5.55. The van der Waals surface area contributed by atoms with Crippen molar-refractivity contribution in [3.05, 3.63) is 53.6 Å². The standard InChI is InChI=1S/C17H19NO2/c1-13-5-2-3-6-14(13)12-18-15-7-8-16-17(11-15)20-10-4-9-19-16/h2-3,5-8,11,18H,4,9-10,12H2,1H3. The number of ether oxygens (including phenoxy) is 2. The molecule has 0 aliphatic carbocycles. The highest BCUT2D eigenvalue weighted by Crippen LogP contribution is 2.32. The topological polar surface area (TPSA) is 30.5 Å². The van der Waals surface area contributed by atoms with Crippen molar-refractivity contribution in [3.8, 4) is 11.5 Å². The van der Waals surface area contributed by atoms with E-state index in [0.29, 0.717) is 6.61 Å². The molecule has 2 aromatic rings. The third-order valence-electron chi connectivity index (χ3n) is 3.49. The number of hydrogen-bond donors (Lipinski definition) is 1. The number of benzene rings is 2. The average molecular weight is 269 g/mol. The maximum absolute atomic E-state index is 5.70. The Hall–Kier alpha value is -2.16. The molecule has 1 N–H and O–H groups in total. The van der Waals surface area contributed by atoms with Crippen LogP contribution in [-0.2, 0) is 6.54 Å². The lowest BCUT2D eigenvalue weighted by Crippen LogP contribution is -2.01. The van der Waals surface area contributed by atoms with Crippen molar-refractivity contribution in [2.45, 2.75) is 19.9 Å². The number of rotatable bonds is 3. The van der Waals surface area contributed by atoms with Crippen LogP contribution in [0, 0.1) is 6.92 Å². The molecule has 3 rings (SSSR count). The molecule has 0 saturated heterocycles. The van der Waals surface area contributed by atoms with E-state index in [2.05, 4.69) is 36.5 Å². The highest BCUT2D eigenvalue weighted by Gasteiger charge is 2.10. The van der Waals surface area contributed by atoms with Crippen LogP contribution in [0.25, 0.3) is 0 Å². The lowest BCUT2D eigenvalue weighted by Gasteiger charge is -2.12. The van der Waals surface area contributed by atoms with Crippen molar-refractivity contribution < 1.29 is 9.47 Å². The zero-order valence-corrected chi connectivity index (χ0v) is 11.7. The second-order valence-electron chi connectivity index (χ2n) is 4.99. The fourth-order valence-corrected chi connectivity index (χ4v) is 2.28. The van der Waals surface area contributed by atoms with Crippen LogP contribution in [0.1, 0.15) is 17.5 Å². The van der Waals surface area contributed by atoms with E-state index in [-0.39, 0.29) is 0 Å². The van der Waals surface area contributed by atoms with Gasteiger partial charge in [0.2, 0.25) is 0 Å². The molecule has 1 aliphatic rings. The Balaban J connectivity index is 1.72. The number of anilines is 1. The Morgan fingerprint density at radius 3 is 2.65 bits per heavy atom. The van der Waals surface area contributed by atoms with Gasteiger partial charge in [0.15, 0.2) is 11.5 Å². The van der Waals surface area contributed by atoms with Crippen molar-refractivity contribution in [1.29, 1.82) is 0 Å². The van der Waals surface area contributed by atoms with Crippen LogP contribution in [0.5, 0.6) is 11.5 Å². The minimum absolute atomic E-state index is 0.717. The van der Waals surface area contributed by atoms with Gasteiger partial charge < -0.3 is 14.8 Å². The van der Waals surface area contributed by atoms with Gasteiger partial charge in [-0.05, 0) is 30.2 Å². The molecule has 0 radical (unpaired) electrons. The van der Waals surface area contributed by atoms with Crippen molar-refractivity contribution in [3.63, 3.8) is 0 Å². The van der Waals surface area contributed by atoms with E-state index in [1.807, 2.05) is 18.2 Å². The summed E-state index contributed by atoms with van der Waals surface area (Å²) in [6.45, 7) is 4.38. The number of fused-ring (bicyclic) bond motifs is 1. The molecule has 20 heavy (non-hydrogen) atoms. The summed E-state index contributed by atoms with van der Waals surface area (Å²) in [7, 11) is 0. The summed E-state index contributed by atoms with van der Waals surface area (Å²) in [5, 5.41) is 3.44. The fraction of sp³-hybridized carbons (Fsp3) is 0.294. The molecule has 2 aromatic carbocycles. The molecule has 0 unspecified atom stereocenters. The first-order valence-corrected chi connectivity index (χ1v) is 7.01. The summed E-state index contributed by atoms with van der Waals surface area (Å²) >= 11 is 0. The molecule has 0 fully saturated rings. The normalized spacial score (nSPS) is 13.7. The van der Waals surface area contributed by atoms with Crippen LogP contribution in [-0.4, -0.2) is 13.2 Å². The Morgan fingerprint density at radius 2 is 1.80 bits per heavy atom. The quantitative estimate of drug-likeness (QED) is 0.920. The molecular formula is C17H19NO2. The van der Waals surface area contributed by atoms with E-state index in [1.165, 1.54) is 11.1 Å². The van der Waals surface area contributed by atoms with Gasteiger partial charge in [0.05, 0.1) is 13.2 Å². The first-order valence-electron chi connectivity index (χ1n) is 7.01. The maximum atomic E-state index is 5.70. The molecule has 0 bridgehead atoms. The Kier molecular flexibility index (Phi) is 3.77. The molecule has 104 valence electrons. The average Bonchev–Trinajstić information content (AvgIpc) is 2.71. The van der Waals surface area contributed by atoms with Gasteiger partial charge >= 0.3 is 0 Å². The summed E-state index contributed by atoms with van der Waals surface area (Å²) in [4.78, 5) is 0. The molecule has 3 heteroatoms. The first kappa shape index (κ1) is 12.9. The molecular weight excluding hydrogens is 250 g/mol. The van der Waals surface area contributed by atoms with Crippen LogP contribution < -0.4 is 14.8 Å². The van der Waals surface area contributed by atoms with E-state index >= 15 is 0 Å². The van der Waals surface area contributed by atoms with Crippen molar-refractivity contribution in [2.24, 2.45) is 0 Å². The third kappa shape index (κ3) is 2.87. The largest absolute Gasteiger partial charge is 0.490 e. The summed E-state index contributed by atoms with van der Waals surface area (Å²) < 4.78 is 11.3. The van der Waals surface area contributed by atoms with Gasteiger partial charge in [-0.3, -0.25) is 0 Å². The van der Waals surface area contributed by atoms with Crippen LogP contribution in [0.2, 0.25) is 0 Å². The van der Waals surface area contributed by atoms with Crippen LogP contribution in [0.4, 0.5) is 5.69 Å².